The second kappa shape index (κ2) is 6.00. The summed E-state index contributed by atoms with van der Waals surface area (Å²) < 4.78 is 0. The predicted molar refractivity (Wildman–Crippen MR) is 86.4 cm³/mol. The van der Waals surface area contributed by atoms with Gasteiger partial charge >= 0.3 is 0 Å². The van der Waals surface area contributed by atoms with E-state index in [1.54, 1.807) is 11.3 Å². The summed E-state index contributed by atoms with van der Waals surface area (Å²) in [6.07, 6.45) is 0. The van der Waals surface area contributed by atoms with Crippen LogP contribution in [0.3, 0.4) is 0 Å². The number of nitrogens with two attached hydrogens (primary N) is 1. The zero-order valence-electron chi connectivity index (χ0n) is 11.4. The van der Waals surface area contributed by atoms with E-state index in [0.29, 0.717) is 19.6 Å². The average Bonchev–Trinajstić information content (AvgIpc) is 2.92. The third-order valence-corrected chi connectivity index (χ3v) is 4.11. The van der Waals surface area contributed by atoms with Gasteiger partial charge in [0.05, 0.1) is 31.0 Å². The van der Waals surface area contributed by atoms with Crippen molar-refractivity contribution in [1.82, 2.24) is 0 Å². The monoisotopic (exact) mass is 297 g/mol. The molecule has 5 heteroatoms. The van der Waals surface area contributed by atoms with E-state index in [9.17, 15) is 4.79 Å². The smallest absolute Gasteiger partial charge is 0.243 e. The summed E-state index contributed by atoms with van der Waals surface area (Å²) >= 11 is 1.65. The number of amides is 1. The molecular formula is C16H15N3OS. The first-order valence-corrected chi connectivity index (χ1v) is 7.54. The number of anilines is 2. The molecule has 2 heterocycles. The summed E-state index contributed by atoms with van der Waals surface area (Å²) in [5.41, 5.74) is 8.28. The van der Waals surface area contributed by atoms with Gasteiger partial charge in [-0.3, -0.25) is 4.79 Å². The Labute approximate surface area is 127 Å². The van der Waals surface area contributed by atoms with Gasteiger partial charge in [-0.15, -0.1) is 11.3 Å². The SMILES string of the molecule is NCC#Cc1csc(CN2CC(=O)Nc3ccccc32)c1. The number of para-hydroxylation sites is 2. The molecular weight excluding hydrogens is 282 g/mol. The molecule has 0 saturated heterocycles. The minimum atomic E-state index is 0.0217. The number of carbonyl (C=O) groups is 1. The normalized spacial score (nSPS) is 13.2. The Morgan fingerprint density at radius 3 is 3.10 bits per heavy atom. The summed E-state index contributed by atoms with van der Waals surface area (Å²) in [5, 5.41) is 4.92. The second-order valence-electron chi connectivity index (χ2n) is 4.73. The van der Waals surface area contributed by atoms with Crippen molar-refractivity contribution in [3.63, 3.8) is 0 Å². The Bertz CT molecular complexity index is 726. The molecule has 0 fully saturated rings. The van der Waals surface area contributed by atoms with Gasteiger partial charge in [0.2, 0.25) is 5.91 Å². The molecule has 1 aliphatic heterocycles. The Morgan fingerprint density at radius 1 is 1.38 bits per heavy atom. The molecule has 1 aliphatic rings. The third kappa shape index (κ3) is 3.07. The first kappa shape index (κ1) is 13.7. The Morgan fingerprint density at radius 2 is 2.24 bits per heavy atom. The lowest BCUT2D eigenvalue weighted by Crippen LogP contribution is -2.37. The van der Waals surface area contributed by atoms with Crippen molar-refractivity contribution in [1.29, 1.82) is 0 Å². The predicted octanol–water partition coefficient (Wildman–Crippen LogP) is 2.02. The molecule has 3 N–H and O–H groups in total. The maximum Gasteiger partial charge on any atom is 0.243 e. The molecule has 21 heavy (non-hydrogen) atoms. The zero-order chi connectivity index (χ0) is 14.7. The lowest BCUT2D eigenvalue weighted by molar-refractivity contribution is -0.115. The van der Waals surface area contributed by atoms with Crippen LogP contribution in [-0.2, 0) is 11.3 Å². The van der Waals surface area contributed by atoms with E-state index in [-0.39, 0.29) is 5.91 Å². The molecule has 0 unspecified atom stereocenters. The molecule has 1 aromatic heterocycles. The number of nitrogens with zero attached hydrogens (tertiary/aromatic N) is 1. The van der Waals surface area contributed by atoms with Gasteiger partial charge < -0.3 is 16.0 Å². The van der Waals surface area contributed by atoms with E-state index in [2.05, 4.69) is 28.1 Å². The largest absolute Gasteiger partial charge is 0.355 e. The van der Waals surface area contributed by atoms with Gasteiger partial charge in [0.1, 0.15) is 0 Å². The quantitative estimate of drug-likeness (QED) is 0.834. The minimum absolute atomic E-state index is 0.0217. The van der Waals surface area contributed by atoms with Crippen LogP contribution in [0.1, 0.15) is 10.4 Å². The van der Waals surface area contributed by atoms with Crippen LogP contribution >= 0.6 is 11.3 Å². The third-order valence-electron chi connectivity index (χ3n) is 3.19. The Hall–Kier alpha value is -2.29. The number of thiophene rings is 1. The highest BCUT2D eigenvalue weighted by Gasteiger charge is 2.21. The number of carbonyl (C=O) groups excluding carboxylic acids is 1. The summed E-state index contributed by atoms with van der Waals surface area (Å²) in [4.78, 5) is 15.1. The van der Waals surface area contributed by atoms with Crippen LogP contribution in [0.15, 0.2) is 35.7 Å². The molecule has 1 amide bonds. The zero-order valence-corrected chi connectivity index (χ0v) is 12.2. The van der Waals surface area contributed by atoms with Gasteiger partial charge in [-0.2, -0.15) is 0 Å². The number of benzene rings is 1. The van der Waals surface area contributed by atoms with Gasteiger partial charge in [-0.05, 0) is 18.2 Å². The summed E-state index contributed by atoms with van der Waals surface area (Å²) in [7, 11) is 0. The van der Waals surface area contributed by atoms with Crippen LogP contribution in [0, 0.1) is 11.8 Å². The fourth-order valence-electron chi connectivity index (χ4n) is 2.31. The molecule has 0 bridgehead atoms. The molecule has 2 aromatic rings. The maximum absolute atomic E-state index is 11.8. The molecule has 0 atom stereocenters. The first-order valence-electron chi connectivity index (χ1n) is 6.66. The highest BCUT2D eigenvalue weighted by Crippen LogP contribution is 2.30. The lowest BCUT2D eigenvalue weighted by Gasteiger charge is -2.30. The molecule has 106 valence electrons. The fraction of sp³-hybridized carbons (Fsp3) is 0.188. The van der Waals surface area contributed by atoms with Crippen molar-refractivity contribution in [3.05, 3.63) is 46.2 Å². The topological polar surface area (TPSA) is 58.4 Å². The first-order chi connectivity index (χ1) is 10.3. The summed E-state index contributed by atoms with van der Waals surface area (Å²) in [6, 6.07) is 9.91. The molecule has 0 spiro atoms. The summed E-state index contributed by atoms with van der Waals surface area (Å²) in [6.45, 7) is 1.45. The van der Waals surface area contributed by atoms with E-state index in [1.165, 1.54) is 4.88 Å². The molecule has 1 aromatic carbocycles. The van der Waals surface area contributed by atoms with Gasteiger partial charge in [-0.1, -0.05) is 24.0 Å². The van der Waals surface area contributed by atoms with E-state index < -0.39 is 0 Å². The van der Waals surface area contributed by atoms with Crippen molar-refractivity contribution in [2.24, 2.45) is 5.73 Å². The number of fused-ring (bicyclic) bond motifs is 1. The molecule has 0 aliphatic carbocycles. The van der Waals surface area contributed by atoms with Crippen molar-refractivity contribution in [2.75, 3.05) is 23.3 Å². The Balaban J connectivity index is 1.82. The number of rotatable bonds is 2. The molecule has 0 saturated carbocycles. The van der Waals surface area contributed by atoms with Crippen molar-refractivity contribution < 1.29 is 4.79 Å². The highest BCUT2D eigenvalue weighted by molar-refractivity contribution is 7.10. The molecule has 0 radical (unpaired) electrons. The van der Waals surface area contributed by atoms with E-state index in [4.69, 9.17) is 5.73 Å². The van der Waals surface area contributed by atoms with Crippen LogP contribution in [0.5, 0.6) is 0 Å². The molecule has 3 rings (SSSR count). The fourth-order valence-corrected chi connectivity index (χ4v) is 3.15. The van der Waals surface area contributed by atoms with Crippen molar-refractivity contribution in [3.8, 4) is 11.8 Å². The van der Waals surface area contributed by atoms with E-state index in [1.807, 2.05) is 29.6 Å². The van der Waals surface area contributed by atoms with Gasteiger partial charge in [-0.25, -0.2) is 0 Å². The van der Waals surface area contributed by atoms with Crippen LogP contribution < -0.4 is 16.0 Å². The van der Waals surface area contributed by atoms with Crippen LogP contribution in [-0.4, -0.2) is 19.0 Å². The van der Waals surface area contributed by atoms with Gasteiger partial charge in [0, 0.05) is 15.8 Å². The maximum atomic E-state index is 11.8. The van der Waals surface area contributed by atoms with Crippen molar-refractivity contribution >= 4 is 28.6 Å². The minimum Gasteiger partial charge on any atom is -0.355 e. The molecule has 4 nitrogen and oxygen atoms in total. The van der Waals surface area contributed by atoms with E-state index in [0.717, 1.165) is 16.9 Å². The van der Waals surface area contributed by atoms with Gasteiger partial charge in [0.25, 0.3) is 0 Å². The average molecular weight is 297 g/mol. The van der Waals surface area contributed by atoms with Crippen LogP contribution in [0.2, 0.25) is 0 Å². The van der Waals surface area contributed by atoms with Crippen LogP contribution in [0.4, 0.5) is 11.4 Å². The van der Waals surface area contributed by atoms with E-state index >= 15 is 0 Å². The number of nitrogens with one attached hydrogen (secondary N) is 1. The second-order valence-corrected chi connectivity index (χ2v) is 5.72. The number of hydrogen-bond donors (Lipinski definition) is 2. The highest BCUT2D eigenvalue weighted by atomic mass is 32.1. The number of hydrogen-bond acceptors (Lipinski definition) is 4. The summed E-state index contributed by atoms with van der Waals surface area (Å²) in [5.74, 6) is 5.90. The standard InChI is InChI=1S/C16H15N3OS/c17-7-3-4-12-8-13(21-11-12)9-19-10-16(20)18-14-5-1-2-6-15(14)19/h1-2,5-6,8,11H,7,9-10,17H2,(H,18,20). The van der Waals surface area contributed by atoms with Gasteiger partial charge in [0.15, 0.2) is 0 Å². The van der Waals surface area contributed by atoms with Crippen LogP contribution in [0.25, 0.3) is 0 Å². The lowest BCUT2D eigenvalue weighted by atomic mass is 10.2. The Kier molecular flexibility index (Phi) is 3.91. The van der Waals surface area contributed by atoms with Crippen molar-refractivity contribution in [2.45, 2.75) is 6.54 Å².